The van der Waals surface area contributed by atoms with E-state index in [2.05, 4.69) is 28.1 Å². The van der Waals surface area contributed by atoms with Gasteiger partial charge in [0.15, 0.2) is 0 Å². The average Bonchev–Trinajstić information content (AvgIpc) is 3.17. The Bertz CT molecular complexity index is 659. The largest absolute Gasteiger partial charge is 0.370 e. The number of aromatic amines is 1. The molecule has 1 N–H and O–H groups in total. The molecule has 6 nitrogen and oxygen atoms in total. The predicted octanol–water partition coefficient (Wildman–Crippen LogP) is 2.99. The van der Waals surface area contributed by atoms with Crippen molar-refractivity contribution in [3.8, 4) is 17.7 Å². The van der Waals surface area contributed by atoms with E-state index in [0.29, 0.717) is 28.9 Å². The van der Waals surface area contributed by atoms with Gasteiger partial charge in [-0.1, -0.05) is 12.1 Å². The third-order valence-electron chi connectivity index (χ3n) is 4.35. The van der Waals surface area contributed by atoms with Crippen LogP contribution in [0.1, 0.15) is 44.0 Å². The topological polar surface area (TPSA) is 87.7 Å². The third-order valence-corrected chi connectivity index (χ3v) is 4.35. The van der Waals surface area contributed by atoms with E-state index < -0.39 is 5.60 Å². The number of ether oxygens (including phenoxy) is 1. The number of H-pyrrole nitrogens is 1. The lowest BCUT2D eigenvalue weighted by molar-refractivity contribution is -0.0609. The van der Waals surface area contributed by atoms with Crippen molar-refractivity contribution >= 4 is 0 Å². The minimum Gasteiger partial charge on any atom is -0.370 e. The normalized spacial score (nSPS) is 25.7. The van der Waals surface area contributed by atoms with E-state index in [-0.39, 0.29) is 0 Å². The monoisotopic (exact) mass is 286 g/mol. The van der Waals surface area contributed by atoms with Gasteiger partial charge in [-0.25, -0.2) is 0 Å². The van der Waals surface area contributed by atoms with Crippen LogP contribution in [0.5, 0.6) is 0 Å². The quantitative estimate of drug-likeness (QED) is 0.937. The number of rotatable bonds is 3. The molecule has 0 saturated heterocycles. The second-order valence-corrected chi connectivity index (χ2v) is 5.72. The van der Waals surface area contributed by atoms with Crippen LogP contribution < -0.4 is 0 Å². The Labute approximate surface area is 123 Å². The smallest absolute Gasteiger partial charge is 0.274 e. The highest BCUT2D eigenvalue weighted by atomic mass is 16.5. The molecule has 21 heavy (non-hydrogen) atoms. The van der Waals surface area contributed by atoms with Gasteiger partial charge in [0.05, 0.1) is 5.56 Å². The van der Waals surface area contributed by atoms with Crippen molar-refractivity contribution < 1.29 is 9.26 Å². The molecule has 2 aromatic rings. The molecule has 2 heterocycles. The van der Waals surface area contributed by atoms with Crippen LogP contribution in [0.25, 0.3) is 11.6 Å². The summed E-state index contributed by atoms with van der Waals surface area (Å²) in [6, 6.07) is 3.76. The maximum absolute atomic E-state index is 8.85. The maximum atomic E-state index is 8.85. The van der Waals surface area contributed by atoms with Crippen molar-refractivity contribution in [3.05, 3.63) is 23.7 Å². The standard InChI is InChI=1S/C15H18N4O2/c1-10-3-5-15(20-2,6-4-10)14-18-13(21-19-14)12-7-11(8-16)9-17-12/h7,9-10,17H,3-6H2,1-2H3. The van der Waals surface area contributed by atoms with Gasteiger partial charge in [-0.05, 0) is 37.7 Å². The highest BCUT2D eigenvalue weighted by molar-refractivity contribution is 5.51. The Kier molecular flexibility index (Phi) is 3.52. The summed E-state index contributed by atoms with van der Waals surface area (Å²) >= 11 is 0. The molecule has 1 saturated carbocycles. The van der Waals surface area contributed by atoms with Gasteiger partial charge in [-0.15, -0.1) is 0 Å². The zero-order valence-electron chi connectivity index (χ0n) is 12.2. The number of nitrogens with one attached hydrogen (secondary N) is 1. The van der Waals surface area contributed by atoms with E-state index in [0.717, 1.165) is 25.7 Å². The summed E-state index contributed by atoms with van der Waals surface area (Å²) in [5, 5.41) is 13.0. The fourth-order valence-corrected chi connectivity index (χ4v) is 2.85. The lowest BCUT2D eigenvalue weighted by Crippen LogP contribution is -2.34. The van der Waals surface area contributed by atoms with Crippen molar-refractivity contribution in [3.63, 3.8) is 0 Å². The van der Waals surface area contributed by atoms with Crippen LogP contribution in [0.2, 0.25) is 0 Å². The molecule has 1 aliphatic carbocycles. The number of hydrogen-bond donors (Lipinski definition) is 1. The van der Waals surface area contributed by atoms with Crippen molar-refractivity contribution in [2.45, 2.75) is 38.2 Å². The zero-order chi connectivity index (χ0) is 14.9. The molecule has 2 aromatic heterocycles. The molecule has 0 spiro atoms. The number of hydrogen-bond acceptors (Lipinski definition) is 5. The Hall–Kier alpha value is -2.13. The van der Waals surface area contributed by atoms with Crippen molar-refractivity contribution in [1.29, 1.82) is 5.26 Å². The minimum atomic E-state index is -0.446. The van der Waals surface area contributed by atoms with Gasteiger partial charge in [0.2, 0.25) is 5.82 Å². The van der Waals surface area contributed by atoms with Gasteiger partial charge in [0.1, 0.15) is 17.4 Å². The van der Waals surface area contributed by atoms with Gasteiger partial charge in [0.25, 0.3) is 5.89 Å². The summed E-state index contributed by atoms with van der Waals surface area (Å²) in [6.45, 7) is 2.25. The van der Waals surface area contributed by atoms with E-state index in [9.17, 15) is 0 Å². The Balaban J connectivity index is 1.88. The SMILES string of the molecule is COC1(c2noc(-c3cc(C#N)c[nH]3)n2)CCC(C)CC1. The van der Waals surface area contributed by atoms with Crippen LogP contribution >= 0.6 is 0 Å². The first kappa shape index (κ1) is 13.8. The zero-order valence-corrected chi connectivity index (χ0v) is 12.2. The lowest BCUT2D eigenvalue weighted by Gasteiger charge is -2.35. The number of methoxy groups -OCH3 is 1. The highest BCUT2D eigenvalue weighted by Crippen LogP contribution is 2.41. The molecule has 0 aromatic carbocycles. The molecule has 1 aliphatic rings. The molecule has 0 unspecified atom stereocenters. The Morgan fingerprint density at radius 1 is 1.48 bits per heavy atom. The van der Waals surface area contributed by atoms with Crippen LogP contribution in [0, 0.1) is 17.2 Å². The van der Waals surface area contributed by atoms with Crippen molar-refractivity contribution in [2.75, 3.05) is 7.11 Å². The van der Waals surface area contributed by atoms with E-state index >= 15 is 0 Å². The average molecular weight is 286 g/mol. The lowest BCUT2D eigenvalue weighted by atomic mass is 9.79. The molecule has 1 fully saturated rings. The molecular weight excluding hydrogens is 268 g/mol. The van der Waals surface area contributed by atoms with Crippen LogP contribution in [0.15, 0.2) is 16.8 Å². The second kappa shape index (κ2) is 5.34. The fourth-order valence-electron chi connectivity index (χ4n) is 2.85. The predicted molar refractivity (Wildman–Crippen MR) is 75.1 cm³/mol. The summed E-state index contributed by atoms with van der Waals surface area (Å²) in [5.74, 6) is 1.70. The van der Waals surface area contributed by atoms with E-state index in [1.54, 1.807) is 19.4 Å². The molecule has 0 atom stereocenters. The first-order valence-electron chi connectivity index (χ1n) is 7.15. The van der Waals surface area contributed by atoms with E-state index in [1.807, 2.05) is 0 Å². The van der Waals surface area contributed by atoms with Crippen LogP contribution in [0.3, 0.4) is 0 Å². The van der Waals surface area contributed by atoms with Gasteiger partial charge >= 0.3 is 0 Å². The minimum absolute atomic E-state index is 0.390. The van der Waals surface area contributed by atoms with Gasteiger partial charge < -0.3 is 14.2 Å². The van der Waals surface area contributed by atoms with Crippen LogP contribution in [-0.2, 0) is 10.3 Å². The summed E-state index contributed by atoms with van der Waals surface area (Å²) in [7, 11) is 1.70. The Morgan fingerprint density at radius 2 is 2.24 bits per heavy atom. The molecule has 0 aliphatic heterocycles. The first-order chi connectivity index (χ1) is 10.2. The summed E-state index contributed by atoms with van der Waals surface area (Å²) in [6.07, 6.45) is 5.61. The summed E-state index contributed by atoms with van der Waals surface area (Å²) < 4.78 is 11.1. The van der Waals surface area contributed by atoms with E-state index in [1.165, 1.54) is 0 Å². The molecule has 110 valence electrons. The highest BCUT2D eigenvalue weighted by Gasteiger charge is 2.40. The van der Waals surface area contributed by atoms with Crippen molar-refractivity contribution in [2.24, 2.45) is 5.92 Å². The van der Waals surface area contributed by atoms with Gasteiger partial charge in [-0.3, -0.25) is 0 Å². The van der Waals surface area contributed by atoms with E-state index in [4.69, 9.17) is 14.5 Å². The van der Waals surface area contributed by atoms with Crippen LogP contribution in [-0.4, -0.2) is 22.2 Å². The summed E-state index contributed by atoms with van der Waals surface area (Å²) in [5.41, 5.74) is 0.747. The molecule has 3 rings (SSSR count). The Morgan fingerprint density at radius 3 is 2.86 bits per heavy atom. The number of aromatic nitrogens is 3. The van der Waals surface area contributed by atoms with Gasteiger partial charge in [0, 0.05) is 13.3 Å². The van der Waals surface area contributed by atoms with Crippen LogP contribution in [0.4, 0.5) is 0 Å². The molecular formula is C15H18N4O2. The number of nitriles is 1. The maximum Gasteiger partial charge on any atom is 0.274 e. The number of nitrogens with zero attached hydrogens (tertiary/aromatic N) is 3. The molecule has 0 amide bonds. The molecule has 0 radical (unpaired) electrons. The van der Waals surface area contributed by atoms with Gasteiger partial charge in [-0.2, -0.15) is 10.2 Å². The van der Waals surface area contributed by atoms with Crippen molar-refractivity contribution in [1.82, 2.24) is 15.1 Å². The third kappa shape index (κ3) is 2.45. The molecule has 6 heteroatoms. The first-order valence-corrected chi connectivity index (χ1v) is 7.15. The second-order valence-electron chi connectivity index (χ2n) is 5.72. The molecule has 0 bridgehead atoms. The fraction of sp³-hybridized carbons (Fsp3) is 0.533. The summed E-state index contributed by atoms with van der Waals surface area (Å²) in [4.78, 5) is 7.44.